The van der Waals surface area contributed by atoms with Crippen LogP contribution in [-0.2, 0) is 42.9 Å². The number of aliphatic hydroxyl groups is 3. The molecule has 3 saturated heterocycles. The van der Waals surface area contributed by atoms with Gasteiger partial charge in [-0.05, 0) is 26.2 Å². The molecule has 0 radical (unpaired) electrons. The van der Waals surface area contributed by atoms with Gasteiger partial charge in [-0.25, -0.2) is 4.79 Å². The van der Waals surface area contributed by atoms with Crippen LogP contribution in [0.1, 0.15) is 85.5 Å². The maximum absolute atomic E-state index is 13.3. The summed E-state index contributed by atoms with van der Waals surface area (Å²) in [5.41, 5.74) is -0.0663. The molecule has 55 heavy (non-hydrogen) atoms. The molecular formula is C37H62N4O13S. The second-order valence-electron chi connectivity index (χ2n) is 15.3. The van der Waals surface area contributed by atoms with Crippen molar-refractivity contribution in [2.24, 2.45) is 11.3 Å². The molecule has 3 aliphatic heterocycles. The highest BCUT2D eigenvalue weighted by molar-refractivity contribution is 7.81. The SMILES string of the molecule is C=C1C[C@](OC)([C@H](O)C(=O)N[C@@H](OC)[C@@H]2C[C@@H](O)C(C)(C)[C@@H](C[C@H](O)COC(=O)NCCCNC(=O)CCCCCN3C(=O)CC(S)C3=O)O2)O[C@H](C)[C@@H]1C. The number of imide groups is 1. The fraction of sp³-hybridized carbons (Fsp3) is 0.811. The zero-order chi connectivity index (χ0) is 41.1. The van der Waals surface area contributed by atoms with Crippen LogP contribution in [0.5, 0.6) is 0 Å². The highest BCUT2D eigenvalue weighted by Gasteiger charge is 2.51. The van der Waals surface area contributed by atoms with E-state index in [9.17, 15) is 39.3 Å². The van der Waals surface area contributed by atoms with Gasteiger partial charge in [0.25, 0.3) is 5.91 Å². The highest BCUT2D eigenvalue weighted by Crippen LogP contribution is 2.41. The summed E-state index contributed by atoms with van der Waals surface area (Å²) in [5.74, 6) is -3.12. The van der Waals surface area contributed by atoms with Gasteiger partial charge in [0.2, 0.25) is 23.5 Å². The molecule has 3 rings (SSSR count). The largest absolute Gasteiger partial charge is 0.447 e. The number of methoxy groups -OCH3 is 2. The van der Waals surface area contributed by atoms with Crippen molar-refractivity contribution >= 4 is 42.4 Å². The number of hydrogen-bond acceptors (Lipinski definition) is 14. The van der Waals surface area contributed by atoms with E-state index in [1.165, 1.54) is 19.1 Å². The van der Waals surface area contributed by atoms with E-state index in [0.29, 0.717) is 45.2 Å². The molecule has 10 atom stereocenters. The molecule has 3 heterocycles. The second kappa shape index (κ2) is 21.1. The third kappa shape index (κ3) is 12.6. The maximum atomic E-state index is 13.3. The first-order valence-electron chi connectivity index (χ1n) is 19.0. The summed E-state index contributed by atoms with van der Waals surface area (Å²) in [4.78, 5) is 62.6. The average molecular weight is 803 g/mol. The van der Waals surface area contributed by atoms with Crippen LogP contribution < -0.4 is 16.0 Å². The highest BCUT2D eigenvalue weighted by atomic mass is 32.1. The number of hydrogen-bond donors (Lipinski definition) is 7. The Kier molecular flexibility index (Phi) is 17.8. The smallest absolute Gasteiger partial charge is 0.407 e. The minimum Gasteiger partial charge on any atom is -0.447 e. The zero-order valence-corrected chi connectivity index (χ0v) is 33.8. The predicted octanol–water partition coefficient (Wildman–Crippen LogP) is 0.926. The first-order chi connectivity index (χ1) is 25.9. The first-order valence-corrected chi connectivity index (χ1v) is 19.5. The van der Waals surface area contributed by atoms with Crippen LogP contribution in [0.3, 0.4) is 0 Å². The summed E-state index contributed by atoms with van der Waals surface area (Å²) in [6.07, 6.45) is -4.72. The Labute approximate surface area is 328 Å². The summed E-state index contributed by atoms with van der Waals surface area (Å²) in [7, 11) is 2.69. The van der Waals surface area contributed by atoms with E-state index in [4.69, 9.17) is 23.7 Å². The zero-order valence-electron chi connectivity index (χ0n) is 32.9. The molecule has 0 aliphatic carbocycles. The summed E-state index contributed by atoms with van der Waals surface area (Å²) in [5, 5.41) is 40.4. The minimum atomic E-state index is -1.75. The fourth-order valence-corrected chi connectivity index (χ4v) is 7.18. The van der Waals surface area contributed by atoms with E-state index in [1.54, 1.807) is 20.8 Å². The molecule has 0 aromatic rings. The summed E-state index contributed by atoms with van der Waals surface area (Å²) in [6, 6.07) is 0. The molecular weight excluding hydrogens is 740 g/mol. The van der Waals surface area contributed by atoms with Crippen LogP contribution in [0.25, 0.3) is 0 Å². The van der Waals surface area contributed by atoms with Gasteiger partial charge < -0.3 is 55.0 Å². The van der Waals surface area contributed by atoms with Crippen molar-refractivity contribution in [1.82, 2.24) is 20.9 Å². The van der Waals surface area contributed by atoms with Crippen molar-refractivity contribution in [2.45, 2.75) is 139 Å². The van der Waals surface area contributed by atoms with Crippen LogP contribution in [0.4, 0.5) is 4.79 Å². The van der Waals surface area contributed by atoms with E-state index in [2.05, 4.69) is 35.2 Å². The van der Waals surface area contributed by atoms with Crippen LogP contribution in [-0.4, -0.2) is 144 Å². The lowest BCUT2D eigenvalue weighted by molar-refractivity contribution is -0.298. The molecule has 314 valence electrons. The van der Waals surface area contributed by atoms with E-state index >= 15 is 0 Å². The number of unbranched alkanes of at least 4 members (excludes halogenated alkanes) is 2. The minimum absolute atomic E-state index is 0.00354. The third-order valence-corrected chi connectivity index (χ3v) is 11.3. The molecule has 18 heteroatoms. The van der Waals surface area contributed by atoms with Gasteiger partial charge in [-0.15, -0.1) is 0 Å². The van der Waals surface area contributed by atoms with Crippen molar-refractivity contribution in [3.8, 4) is 0 Å². The molecule has 6 N–H and O–H groups in total. The Morgan fingerprint density at radius 1 is 1.07 bits per heavy atom. The van der Waals surface area contributed by atoms with Gasteiger partial charge in [-0.3, -0.25) is 24.1 Å². The molecule has 0 bridgehead atoms. The standard InChI is InChI=1S/C37H62N4O13S/c1-21-19-37(51-7,54-23(3)22(21)2)31(46)32(47)40-33(50-6)25-17-27(43)36(4,5)28(53-25)16-24(42)20-52-35(49)39-14-11-13-38-29(44)12-9-8-10-15-41-30(45)18-26(55)34(41)48/h22-28,31,33,42-43,46,55H,1,8-20H2,2-7H3,(H,38,44)(H,39,49)(H,40,47)/t22-,23-,24+,25+,26?,27-,28-,31-,33+,37-/m1/s1. The van der Waals surface area contributed by atoms with E-state index in [-0.39, 0.29) is 68.6 Å². The number of amides is 5. The number of nitrogens with one attached hydrogen (secondary N) is 3. The number of carbonyl (C=O) groups excluding carboxylic acids is 5. The summed E-state index contributed by atoms with van der Waals surface area (Å²) >= 11 is 4.10. The first kappa shape index (κ1) is 46.5. The number of nitrogens with zero attached hydrogens (tertiary/aromatic N) is 1. The van der Waals surface area contributed by atoms with Crippen LogP contribution in [0.15, 0.2) is 12.2 Å². The lowest BCUT2D eigenvalue weighted by atomic mass is 9.74. The Hall–Kier alpha value is -2.84. The van der Waals surface area contributed by atoms with Crippen molar-refractivity contribution in [3.63, 3.8) is 0 Å². The molecule has 3 fully saturated rings. The average Bonchev–Trinajstić information content (AvgIpc) is 3.38. The molecule has 0 aromatic carbocycles. The molecule has 0 aromatic heterocycles. The quantitative estimate of drug-likeness (QED) is 0.0299. The molecule has 1 unspecified atom stereocenters. The van der Waals surface area contributed by atoms with Gasteiger partial charge in [-0.1, -0.05) is 39.3 Å². The number of likely N-dealkylation sites (tertiary alicyclic amines) is 1. The number of carbonyl (C=O) groups is 5. The topological polar surface area (TPSA) is 232 Å². The maximum Gasteiger partial charge on any atom is 0.407 e. The van der Waals surface area contributed by atoms with Crippen molar-refractivity contribution in [3.05, 3.63) is 12.2 Å². The van der Waals surface area contributed by atoms with Crippen molar-refractivity contribution < 1.29 is 63.0 Å². The lowest BCUT2D eigenvalue weighted by Crippen LogP contribution is -2.62. The lowest BCUT2D eigenvalue weighted by Gasteiger charge is -2.48. The Bertz CT molecular complexity index is 1350. The predicted molar refractivity (Wildman–Crippen MR) is 201 cm³/mol. The summed E-state index contributed by atoms with van der Waals surface area (Å²) in [6.45, 7) is 11.9. The number of aliphatic hydroxyl groups excluding tert-OH is 3. The number of rotatable bonds is 20. The van der Waals surface area contributed by atoms with Gasteiger partial charge in [0.05, 0.1) is 29.7 Å². The number of ether oxygens (including phenoxy) is 5. The molecule has 0 saturated carbocycles. The molecule has 3 aliphatic rings. The molecule has 17 nitrogen and oxygen atoms in total. The van der Waals surface area contributed by atoms with Gasteiger partial charge in [0.1, 0.15) is 12.7 Å². The summed E-state index contributed by atoms with van der Waals surface area (Å²) < 4.78 is 28.5. The van der Waals surface area contributed by atoms with Gasteiger partial charge >= 0.3 is 6.09 Å². The van der Waals surface area contributed by atoms with Gasteiger partial charge in [0.15, 0.2) is 12.3 Å². The Morgan fingerprint density at radius 3 is 2.38 bits per heavy atom. The van der Waals surface area contributed by atoms with Crippen molar-refractivity contribution in [1.29, 1.82) is 0 Å². The van der Waals surface area contributed by atoms with Gasteiger partial charge in [0, 0.05) is 77.3 Å². The fourth-order valence-electron chi connectivity index (χ4n) is 6.88. The monoisotopic (exact) mass is 802 g/mol. The third-order valence-electron chi connectivity index (χ3n) is 10.9. The van der Waals surface area contributed by atoms with Crippen LogP contribution >= 0.6 is 12.6 Å². The number of alkyl carbamates (subject to hydrolysis) is 1. The van der Waals surface area contributed by atoms with Crippen LogP contribution in [0, 0.1) is 11.3 Å². The number of thiol groups is 1. The van der Waals surface area contributed by atoms with Crippen molar-refractivity contribution in [2.75, 3.05) is 40.5 Å². The second-order valence-corrected chi connectivity index (χ2v) is 15.9. The molecule has 5 amide bonds. The van der Waals surface area contributed by atoms with Crippen LogP contribution in [0.2, 0.25) is 0 Å². The van der Waals surface area contributed by atoms with E-state index < -0.39 is 65.2 Å². The van der Waals surface area contributed by atoms with E-state index in [0.717, 1.165) is 5.57 Å². The van der Waals surface area contributed by atoms with E-state index in [1.807, 2.05) is 6.92 Å². The Morgan fingerprint density at radius 2 is 1.76 bits per heavy atom. The molecule has 0 spiro atoms. The normalized spacial score (nSPS) is 29.7. The Balaban J connectivity index is 1.36. The van der Waals surface area contributed by atoms with Gasteiger partial charge in [-0.2, -0.15) is 12.6 Å².